The van der Waals surface area contributed by atoms with Gasteiger partial charge < -0.3 is 14.9 Å². The lowest BCUT2D eigenvalue weighted by molar-refractivity contribution is -0.136. The van der Waals surface area contributed by atoms with Crippen LogP contribution >= 0.6 is 0 Å². The van der Waals surface area contributed by atoms with Crippen LogP contribution in [0.5, 0.6) is 5.75 Å². The second kappa shape index (κ2) is 9.99. The number of carbonyl (C=O) groups is 2. The average molecular weight is 591 g/mol. The van der Waals surface area contributed by atoms with Gasteiger partial charge in [0, 0.05) is 43.4 Å². The summed E-state index contributed by atoms with van der Waals surface area (Å²) in [5, 5.41) is 22.2. The van der Waals surface area contributed by atoms with Crippen LogP contribution in [0, 0.1) is 0 Å². The van der Waals surface area contributed by atoms with E-state index >= 15 is 0 Å². The summed E-state index contributed by atoms with van der Waals surface area (Å²) in [6, 6.07) is 7.19. The maximum atomic E-state index is 14.1. The Morgan fingerprint density at radius 2 is 1.93 bits per heavy atom. The first-order valence-corrected chi connectivity index (χ1v) is 14.3. The number of carbonyl (C=O) groups excluding carboxylic acids is 2. The number of halogens is 3. The highest BCUT2D eigenvalue weighted by molar-refractivity contribution is 6.07. The van der Waals surface area contributed by atoms with Crippen molar-refractivity contribution >= 4 is 22.7 Å². The Labute approximate surface area is 244 Å². The van der Waals surface area contributed by atoms with Gasteiger partial charge in [-0.1, -0.05) is 19.1 Å². The van der Waals surface area contributed by atoms with Gasteiger partial charge in [-0.25, -0.2) is 4.68 Å². The normalized spacial score (nSPS) is 18.7. The number of aromatic hydroxyl groups is 1. The zero-order valence-corrected chi connectivity index (χ0v) is 23.2. The van der Waals surface area contributed by atoms with Crippen molar-refractivity contribution in [1.82, 2.24) is 29.8 Å². The third-order valence-corrected chi connectivity index (χ3v) is 9.11. The van der Waals surface area contributed by atoms with Crippen molar-refractivity contribution in [2.75, 3.05) is 19.6 Å². The van der Waals surface area contributed by atoms with Crippen molar-refractivity contribution in [3.63, 3.8) is 0 Å². The number of amides is 2. The van der Waals surface area contributed by atoms with Gasteiger partial charge in [-0.2, -0.15) is 23.4 Å². The molecule has 222 valence electrons. The van der Waals surface area contributed by atoms with Gasteiger partial charge in [0.25, 0.3) is 5.91 Å². The van der Waals surface area contributed by atoms with Gasteiger partial charge in [-0.15, -0.1) is 0 Å². The first kappa shape index (κ1) is 27.2. The summed E-state index contributed by atoms with van der Waals surface area (Å²) in [5.74, 6) is -0.163. The SMILES string of the molecule is C=CC(=O)N1CCc2nn(-c3ccc(C4CCC4)cc3O)c3c2[C@H](C1)N(C(=O)c1ccc(C(F)(F)F)c2[nH]ncc12)CC3. The zero-order chi connectivity index (χ0) is 30.0. The standard InChI is InChI=1S/C31H29F3N6O3/c1-2-27(42)38-12-10-22-28-24(40(37-22)23-9-6-18(14-26(23)41)17-4-3-5-17)11-13-39(25(28)16-38)30(43)19-7-8-21(31(32,33)34)29-20(19)15-35-36-29/h2,6-9,14-15,17,25,41H,1,3-5,10-13,16H2,(H,35,36)/t25-/m0/s1. The summed E-state index contributed by atoms with van der Waals surface area (Å²) < 4.78 is 42.7. The predicted octanol–water partition coefficient (Wildman–Crippen LogP) is 5.05. The molecular formula is C31H29F3N6O3. The molecule has 1 fully saturated rings. The highest BCUT2D eigenvalue weighted by Crippen LogP contribution is 2.42. The number of fused-ring (bicyclic) bond motifs is 1. The monoisotopic (exact) mass is 590 g/mol. The molecule has 2 aliphatic heterocycles. The number of phenols is 1. The number of hydrogen-bond acceptors (Lipinski definition) is 5. The van der Waals surface area contributed by atoms with Gasteiger partial charge in [0.1, 0.15) is 11.4 Å². The van der Waals surface area contributed by atoms with Crippen molar-refractivity contribution in [1.29, 1.82) is 0 Å². The summed E-state index contributed by atoms with van der Waals surface area (Å²) in [6.45, 7) is 4.37. The fraction of sp³-hybridized carbons (Fsp3) is 0.355. The van der Waals surface area contributed by atoms with E-state index in [1.165, 1.54) is 24.8 Å². The summed E-state index contributed by atoms with van der Waals surface area (Å²) in [7, 11) is 0. The van der Waals surface area contributed by atoms with Gasteiger partial charge in [-0.05, 0) is 54.7 Å². The summed E-state index contributed by atoms with van der Waals surface area (Å²) in [6.07, 6.45) is 2.07. The van der Waals surface area contributed by atoms with Gasteiger partial charge in [0.15, 0.2) is 0 Å². The van der Waals surface area contributed by atoms with Crippen LogP contribution < -0.4 is 0 Å². The lowest BCUT2D eigenvalue weighted by Gasteiger charge is -2.38. The smallest absolute Gasteiger partial charge is 0.418 e. The molecule has 0 saturated heterocycles. The minimum absolute atomic E-state index is 0.0747. The molecule has 1 saturated carbocycles. The molecule has 2 N–H and O–H groups in total. The number of hydrogen-bond donors (Lipinski definition) is 2. The highest BCUT2D eigenvalue weighted by atomic mass is 19.4. The Morgan fingerprint density at radius 3 is 2.63 bits per heavy atom. The van der Waals surface area contributed by atoms with Crippen LogP contribution in [0.4, 0.5) is 13.2 Å². The molecule has 7 rings (SSSR count). The maximum absolute atomic E-state index is 14.1. The number of aromatic nitrogens is 4. The lowest BCUT2D eigenvalue weighted by Crippen LogP contribution is -2.45. The van der Waals surface area contributed by atoms with E-state index in [-0.39, 0.29) is 41.2 Å². The minimum Gasteiger partial charge on any atom is -0.506 e. The number of alkyl halides is 3. The van der Waals surface area contributed by atoms with E-state index in [2.05, 4.69) is 16.8 Å². The van der Waals surface area contributed by atoms with Gasteiger partial charge in [-0.3, -0.25) is 14.7 Å². The van der Waals surface area contributed by atoms with Crippen molar-refractivity contribution in [3.05, 3.63) is 82.8 Å². The molecule has 3 aliphatic rings. The molecule has 0 spiro atoms. The molecule has 0 radical (unpaired) electrons. The number of phenolic OH excluding ortho intramolecular Hbond substituents is 1. The molecule has 2 aromatic carbocycles. The molecular weight excluding hydrogens is 561 g/mol. The van der Waals surface area contributed by atoms with Crippen LogP contribution in [0.1, 0.15) is 69.7 Å². The second-order valence-corrected chi connectivity index (χ2v) is 11.4. The van der Waals surface area contributed by atoms with Crippen LogP contribution in [0.25, 0.3) is 16.6 Å². The minimum atomic E-state index is -4.62. The van der Waals surface area contributed by atoms with E-state index in [0.29, 0.717) is 36.7 Å². The van der Waals surface area contributed by atoms with E-state index in [1.807, 2.05) is 12.1 Å². The molecule has 9 nitrogen and oxygen atoms in total. The molecule has 2 amide bonds. The Hall–Kier alpha value is -4.61. The Kier molecular flexibility index (Phi) is 6.33. The highest BCUT2D eigenvalue weighted by Gasteiger charge is 2.41. The molecule has 2 aromatic heterocycles. The molecule has 0 unspecified atom stereocenters. The fourth-order valence-electron chi connectivity index (χ4n) is 6.69. The number of H-pyrrole nitrogens is 1. The largest absolute Gasteiger partial charge is 0.506 e. The lowest BCUT2D eigenvalue weighted by atomic mass is 9.80. The van der Waals surface area contributed by atoms with E-state index in [0.717, 1.165) is 35.7 Å². The van der Waals surface area contributed by atoms with Crippen LogP contribution in [0.3, 0.4) is 0 Å². The van der Waals surface area contributed by atoms with Gasteiger partial charge in [0.2, 0.25) is 5.91 Å². The van der Waals surface area contributed by atoms with E-state index in [1.54, 1.807) is 20.5 Å². The maximum Gasteiger partial charge on any atom is 0.418 e. The van der Waals surface area contributed by atoms with E-state index in [9.17, 15) is 27.9 Å². The number of rotatable bonds is 4. The van der Waals surface area contributed by atoms with Gasteiger partial charge >= 0.3 is 6.18 Å². The number of aromatic amines is 1. The summed E-state index contributed by atoms with van der Waals surface area (Å²) >= 11 is 0. The molecule has 1 atom stereocenters. The molecule has 1 aliphatic carbocycles. The van der Waals surface area contributed by atoms with Gasteiger partial charge in [0.05, 0.1) is 40.3 Å². The Morgan fingerprint density at radius 1 is 1.12 bits per heavy atom. The predicted molar refractivity (Wildman–Crippen MR) is 151 cm³/mol. The molecule has 4 aromatic rings. The first-order chi connectivity index (χ1) is 20.7. The quantitative estimate of drug-likeness (QED) is 0.324. The zero-order valence-electron chi connectivity index (χ0n) is 23.2. The Balaban J connectivity index is 1.31. The van der Waals surface area contributed by atoms with E-state index < -0.39 is 23.7 Å². The number of benzene rings is 2. The molecule has 4 heterocycles. The van der Waals surface area contributed by atoms with Crippen molar-refractivity contribution in [3.8, 4) is 11.4 Å². The molecule has 12 heteroatoms. The number of nitrogens with zero attached hydrogens (tertiary/aromatic N) is 5. The van der Waals surface area contributed by atoms with E-state index in [4.69, 9.17) is 5.10 Å². The van der Waals surface area contributed by atoms with Crippen LogP contribution in [0.2, 0.25) is 0 Å². The van der Waals surface area contributed by atoms with Crippen molar-refractivity contribution in [2.24, 2.45) is 0 Å². The van der Waals surface area contributed by atoms with Crippen LogP contribution in [-0.2, 0) is 23.8 Å². The van der Waals surface area contributed by atoms with Crippen molar-refractivity contribution in [2.45, 2.75) is 50.2 Å². The summed E-state index contributed by atoms with van der Waals surface area (Å²) in [4.78, 5) is 30.1. The third kappa shape index (κ3) is 4.38. The average Bonchev–Trinajstić information content (AvgIpc) is 3.53. The van der Waals surface area contributed by atoms with Crippen LogP contribution in [0.15, 0.2) is 49.2 Å². The second-order valence-electron chi connectivity index (χ2n) is 11.4. The Bertz CT molecular complexity index is 1790. The first-order valence-electron chi connectivity index (χ1n) is 14.3. The molecule has 43 heavy (non-hydrogen) atoms. The molecule has 0 bridgehead atoms. The topological polar surface area (TPSA) is 107 Å². The van der Waals surface area contributed by atoms with Crippen molar-refractivity contribution < 1.29 is 27.9 Å². The summed E-state index contributed by atoms with van der Waals surface area (Å²) in [5.41, 5.74) is 2.93. The third-order valence-electron chi connectivity index (χ3n) is 9.11. The van der Waals surface area contributed by atoms with Crippen LogP contribution in [-0.4, -0.2) is 66.3 Å². The number of nitrogens with one attached hydrogen (secondary N) is 1. The fourth-order valence-corrected chi connectivity index (χ4v) is 6.69.